The van der Waals surface area contributed by atoms with Crippen LogP contribution in [-0.4, -0.2) is 47.8 Å². The Kier molecular flexibility index (Phi) is 5.42. The molecule has 1 aliphatic heterocycles. The van der Waals surface area contributed by atoms with E-state index in [2.05, 4.69) is 31.0 Å². The highest BCUT2D eigenvalue weighted by molar-refractivity contribution is 4.89. The maximum atomic E-state index is 9.50. The van der Waals surface area contributed by atoms with Crippen LogP contribution in [0.2, 0.25) is 0 Å². The predicted octanol–water partition coefficient (Wildman–Crippen LogP) is 2.00. The molecule has 0 aliphatic carbocycles. The lowest BCUT2D eigenvalue weighted by molar-refractivity contribution is 0.132. The molecule has 0 saturated carbocycles. The lowest BCUT2D eigenvalue weighted by Gasteiger charge is -2.34. The SMILES string of the molecule is CCC(CO)(CCCN1CCCC1(C)C)NC. The summed E-state index contributed by atoms with van der Waals surface area (Å²) in [7, 11) is 1.96. The van der Waals surface area contributed by atoms with Crippen molar-refractivity contribution < 1.29 is 5.11 Å². The topological polar surface area (TPSA) is 35.5 Å². The van der Waals surface area contributed by atoms with E-state index in [4.69, 9.17) is 0 Å². The molecule has 1 aliphatic rings. The molecule has 102 valence electrons. The number of likely N-dealkylation sites (N-methyl/N-ethyl adjacent to an activating group) is 1. The zero-order valence-corrected chi connectivity index (χ0v) is 12.1. The molecule has 1 fully saturated rings. The smallest absolute Gasteiger partial charge is 0.0613 e. The van der Waals surface area contributed by atoms with E-state index in [9.17, 15) is 5.11 Å². The van der Waals surface area contributed by atoms with Gasteiger partial charge in [-0.1, -0.05) is 6.92 Å². The highest BCUT2D eigenvalue weighted by atomic mass is 16.3. The van der Waals surface area contributed by atoms with Crippen LogP contribution in [0.5, 0.6) is 0 Å². The van der Waals surface area contributed by atoms with Gasteiger partial charge in [0.05, 0.1) is 6.61 Å². The van der Waals surface area contributed by atoms with Crippen molar-refractivity contribution in [2.45, 2.75) is 64.0 Å². The molecule has 0 amide bonds. The van der Waals surface area contributed by atoms with Gasteiger partial charge in [0.1, 0.15) is 0 Å². The van der Waals surface area contributed by atoms with Crippen molar-refractivity contribution in [3.63, 3.8) is 0 Å². The molecule has 1 heterocycles. The number of likely N-dealkylation sites (tertiary alicyclic amines) is 1. The number of hydrogen-bond acceptors (Lipinski definition) is 3. The van der Waals surface area contributed by atoms with Crippen molar-refractivity contribution in [2.24, 2.45) is 0 Å². The summed E-state index contributed by atoms with van der Waals surface area (Å²) in [4.78, 5) is 2.60. The minimum Gasteiger partial charge on any atom is -0.394 e. The molecule has 3 heteroatoms. The Labute approximate surface area is 107 Å². The molecule has 0 radical (unpaired) electrons. The molecular weight excluding hydrogens is 212 g/mol. The van der Waals surface area contributed by atoms with E-state index in [1.54, 1.807) is 0 Å². The lowest BCUT2D eigenvalue weighted by Crippen LogP contribution is -2.47. The van der Waals surface area contributed by atoms with Crippen LogP contribution in [-0.2, 0) is 0 Å². The molecule has 2 N–H and O–H groups in total. The first-order valence-electron chi connectivity index (χ1n) is 7.04. The summed E-state index contributed by atoms with van der Waals surface area (Å²) < 4.78 is 0. The van der Waals surface area contributed by atoms with E-state index in [1.165, 1.54) is 25.8 Å². The average molecular weight is 242 g/mol. The van der Waals surface area contributed by atoms with Crippen molar-refractivity contribution >= 4 is 0 Å². The van der Waals surface area contributed by atoms with Crippen LogP contribution in [0.3, 0.4) is 0 Å². The normalized spacial score (nSPS) is 23.8. The van der Waals surface area contributed by atoms with Gasteiger partial charge in [0.25, 0.3) is 0 Å². The second-order valence-electron chi connectivity index (χ2n) is 6.05. The van der Waals surface area contributed by atoms with E-state index < -0.39 is 0 Å². The van der Waals surface area contributed by atoms with E-state index in [-0.39, 0.29) is 12.1 Å². The summed E-state index contributed by atoms with van der Waals surface area (Å²) in [5.41, 5.74) is 0.317. The highest BCUT2D eigenvalue weighted by Gasteiger charge is 2.32. The highest BCUT2D eigenvalue weighted by Crippen LogP contribution is 2.28. The standard InChI is InChI=1S/C14H30N2O/c1-5-14(12-17,15-4)9-7-11-16-10-6-8-13(16,2)3/h15,17H,5-12H2,1-4H3. The van der Waals surface area contributed by atoms with Gasteiger partial charge in [-0.2, -0.15) is 0 Å². The number of nitrogens with one attached hydrogen (secondary N) is 1. The molecule has 0 aromatic carbocycles. The third-order valence-corrected chi connectivity index (χ3v) is 4.67. The Hall–Kier alpha value is -0.120. The van der Waals surface area contributed by atoms with E-state index in [0.29, 0.717) is 5.54 Å². The summed E-state index contributed by atoms with van der Waals surface area (Å²) in [5, 5.41) is 12.8. The number of rotatable bonds is 7. The minimum atomic E-state index is -0.0656. The van der Waals surface area contributed by atoms with Crippen molar-refractivity contribution in [3.05, 3.63) is 0 Å². The van der Waals surface area contributed by atoms with Gasteiger partial charge >= 0.3 is 0 Å². The van der Waals surface area contributed by atoms with Gasteiger partial charge in [-0.15, -0.1) is 0 Å². The van der Waals surface area contributed by atoms with Crippen molar-refractivity contribution in [2.75, 3.05) is 26.7 Å². The maximum absolute atomic E-state index is 9.50. The second-order valence-corrected chi connectivity index (χ2v) is 6.05. The van der Waals surface area contributed by atoms with Gasteiger partial charge in [-0.25, -0.2) is 0 Å². The molecule has 0 aromatic heterocycles. The summed E-state index contributed by atoms with van der Waals surface area (Å²) in [6.45, 7) is 9.48. The number of aliphatic hydroxyl groups is 1. The fourth-order valence-corrected chi connectivity index (χ4v) is 2.93. The van der Waals surface area contributed by atoms with Gasteiger partial charge in [0.2, 0.25) is 0 Å². The van der Waals surface area contributed by atoms with Gasteiger partial charge in [-0.05, 0) is 66.1 Å². The summed E-state index contributed by atoms with van der Waals surface area (Å²) in [5.74, 6) is 0. The molecule has 0 aromatic rings. The molecule has 3 nitrogen and oxygen atoms in total. The van der Waals surface area contributed by atoms with Crippen LogP contribution in [0.1, 0.15) is 52.9 Å². The van der Waals surface area contributed by atoms with Gasteiger partial charge < -0.3 is 10.4 Å². The molecule has 0 bridgehead atoms. The van der Waals surface area contributed by atoms with E-state index in [0.717, 1.165) is 19.4 Å². The Morgan fingerprint density at radius 3 is 2.53 bits per heavy atom. The Balaban J connectivity index is 2.36. The summed E-state index contributed by atoms with van der Waals surface area (Å²) >= 11 is 0. The zero-order valence-electron chi connectivity index (χ0n) is 12.1. The molecule has 1 saturated heterocycles. The molecule has 0 spiro atoms. The van der Waals surface area contributed by atoms with Crippen LogP contribution < -0.4 is 5.32 Å². The second kappa shape index (κ2) is 6.17. The molecule has 1 atom stereocenters. The monoisotopic (exact) mass is 242 g/mol. The summed E-state index contributed by atoms with van der Waals surface area (Å²) in [6, 6.07) is 0. The zero-order chi connectivity index (χ0) is 12.9. The van der Waals surface area contributed by atoms with E-state index in [1.807, 2.05) is 7.05 Å². The Morgan fingerprint density at radius 1 is 1.41 bits per heavy atom. The van der Waals surface area contributed by atoms with Crippen LogP contribution in [0.25, 0.3) is 0 Å². The first-order chi connectivity index (χ1) is 7.99. The van der Waals surface area contributed by atoms with Crippen LogP contribution >= 0.6 is 0 Å². The van der Waals surface area contributed by atoms with Gasteiger partial charge in [-0.3, -0.25) is 4.90 Å². The third kappa shape index (κ3) is 3.67. The molecule has 1 unspecified atom stereocenters. The van der Waals surface area contributed by atoms with Crippen molar-refractivity contribution in [1.29, 1.82) is 0 Å². The number of nitrogens with zero attached hydrogens (tertiary/aromatic N) is 1. The Bertz CT molecular complexity index is 216. The first-order valence-corrected chi connectivity index (χ1v) is 7.04. The molecule has 1 rings (SSSR count). The number of hydrogen-bond donors (Lipinski definition) is 2. The van der Waals surface area contributed by atoms with Crippen LogP contribution in [0, 0.1) is 0 Å². The Morgan fingerprint density at radius 2 is 2.12 bits per heavy atom. The fourth-order valence-electron chi connectivity index (χ4n) is 2.93. The summed E-state index contributed by atoms with van der Waals surface area (Å²) in [6.07, 6.45) is 5.86. The van der Waals surface area contributed by atoms with Crippen LogP contribution in [0.15, 0.2) is 0 Å². The quantitative estimate of drug-likeness (QED) is 0.717. The van der Waals surface area contributed by atoms with Gasteiger partial charge in [0, 0.05) is 11.1 Å². The predicted molar refractivity (Wildman–Crippen MR) is 73.3 cm³/mol. The first kappa shape index (κ1) is 14.9. The largest absolute Gasteiger partial charge is 0.394 e. The average Bonchev–Trinajstić information content (AvgIpc) is 2.65. The third-order valence-electron chi connectivity index (χ3n) is 4.67. The molecular formula is C14H30N2O. The fraction of sp³-hybridized carbons (Fsp3) is 1.00. The van der Waals surface area contributed by atoms with Crippen LogP contribution in [0.4, 0.5) is 0 Å². The maximum Gasteiger partial charge on any atom is 0.0613 e. The minimum absolute atomic E-state index is 0.0656. The van der Waals surface area contributed by atoms with E-state index >= 15 is 0 Å². The molecule has 17 heavy (non-hydrogen) atoms. The number of aliphatic hydroxyl groups excluding tert-OH is 1. The van der Waals surface area contributed by atoms with Crippen molar-refractivity contribution in [1.82, 2.24) is 10.2 Å². The van der Waals surface area contributed by atoms with Gasteiger partial charge in [0.15, 0.2) is 0 Å². The lowest BCUT2D eigenvalue weighted by atomic mass is 9.91. The van der Waals surface area contributed by atoms with Crippen molar-refractivity contribution in [3.8, 4) is 0 Å².